The van der Waals surface area contributed by atoms with Crippen LogP contribution in [0.4, 0.5) is 0 Å². The zero-order chi connectivity index (χ0) is 15.5. The molecule has 112 valence electrons. The van der Waals surface area contributed by atoms with E-state index in [1.807, 2.05) is 13.8 Å². The molecule has 1 aromatic carbocycles. The lowest BCUT2D eigenvalue weighted by atomic mass is 9.90. The fraction of sp³-hybridized carbons (Fsp3) is 0.588. The van der Waals surface area contributed by atoms with E-state index in [-0.39, 0.29) is 6.04 Å². The fourth-order valence-corrected chi connectivity index (χ4v) is 3.17. The largest absolute Gasteiger partial charge is 0.480 e. The molecule has 1 rings (SSSR count). The molecule has 0 saturated heterocycles. The molecule has 0 aromatic heterocycles. The summed E-state index contributed by atoms with van der Waals surface area (Å²) in [4.78, 5) is 11.5. The number of benzene rings is 1. The topological polar surface area (TPSA) is 49.3 Å². The molecule has 2 N–H and O–H groups in total. The van der Waals surface area contributed by atoms with Crippen LogP contribution < -0.4 is 5.32 Å². The summed E-state index contributed by atoms with van der Waals surface area (Å²) < 4.78 is 0. The first-order valence-electron chi connectivity index (χ1n) is 7.30. The summed E-state index contributed by atoms with van der Waals surface area (Å²) in [6.45, 7) is 12.1. The second-order valence-corrected chi connectivity index (χ2v) is 6.07. The predicted octanol–water partition coefficient (Wildman–Crippen LogP) is 3.91. The number of hydrogen-bond acceptors (Lipinski definition) is 2. The predicted molar refractivity (Wildman–Crippen MR) is 83.2 cm³/mol. The Balaban J connectivity index is 3.07. The Hall–Kier alpha value is -1.35. The van der Waals surface area contributed by atoms with Crippen LogP contribution in [0.2, 0.25) is 0 Å². The van der Waals surface area contributed by atoms with Crippen LogP contribution >= 0.6 is 0 Å². The van der Waals surface area contributed by atoms with E-state index in [0.29, 0.717) is 6.42 Å². The molecule has 0 fully saturated rings. The number of nitrogens with one attached hydrogen (secondary N) is 1. The normalized spacial score (nSPS) is 15.7. The van der Waals surface area contributed by atoms with Crippen LogP contribution in [0.5, 0.6) is 0 Å². The smallest absolute Gasteiger partial charge is 0.323 e. The van der Waals surface area contributed by atoms with Crippen molar-refractivity contribution in [1.29, 1.82) is 0 Å². The molecular formula is C17H27NO2. The van der Waals surface area contributed by atoms with E-state index >= 15 is 0 Å². The summed E-state index contributed by atoms with van der Waals surface area (Å²) in [5.74, 6) is -0.784. The SMILES string of the molecule is CCCC(C)(NC(C)c1c(C)cc(C)cc1C)C(=O)O. The van der Waals surface area contributed by atoms with Gasteiger partial charge in [-0.3, -0.25) is 10.1 Å². The molecule has 20 heavy (non-hydrogen) atoms. The van der Waals surface area contributed by atoms with Gasteiger partial charge in [0, 0.05) is 6.04 Å². The Bertz CT molecular complexity index is 473. The van der Waals surface area contributed by atoms with Gasteiger partial charge in [-0.05, 0) is 57.7 Å². The Kier molecular flexibility index (Phi) is 5.35. The van der Waals surface area contributed by atoms with Gasteiger partial charge >= 0.3 is 5.97 Å². The number of carboxylic acid groups (broad SMARTS) is 1. The molecule has 0 radical (unpaired) electrons. The van der Waals surface area contributed by atoms with Gasteiger partial charge in [-0.15, -0.1) is 0 Å². The maximum absolute atomic E-state index is 11.5. The molecule has 0 heterocycles. The molecule has 2 atom stereocenters. The molecule has 3 heteroatoms. The molecule has 0 saturated carbocycles. The van der Waals surface area contributed by atoms with Crippen molar-refractivity contribution < 1.29 is 9.90 Å². The minimum absolute atomic E-state index is 0.0169. The van der Waals surface area contributed by atoms with E-state index in [9.17, 15) is 9.90 Å². The first-order valence-corrected chi connectivity index (χ1v) is 7.30. The lowest BCUT2D eigenvalue weighted by molar-refractivity contribution is -0.144. The van der Waals surface area contributed by atoms with E-state index in [4.69, 9.17) is 0 Å². The van der Waals surface area contributed by atoms with E-state index in [1.165, 1.54) is 22.3 Å². The van der Waals surface area contributed by atoms with Crippen molar-refractivity contribution in [1.82, 2.24) is 5.32 Å². The second-order valence-electron chi connectivity index (χ2n) is 6.07. The van der Waals surface area contributed by atoms with Crippen molar-refractivity contribution in [2.24, 2.45) is 0 Å². The van der Waals surface area contributed by atoms with Gasteiger partial charge in [0.15, 0.2) is 0 Å². The van der Waals surface area contributed by atoms with E-state index in [2.05, 4.69) is 38.2 Å². The first kappa shape index (κ1) is 16.7. The number of carboxylic acids is 1. The molecule has 0 spiro atoms. The fourth-order valence-electron chi connectivity index (χ4n) is 3.17. The highest BCUT2D eigenvalue weighted by atomic mass is 16.4. The van der Waals surface area contributed by atoms with Crippen molar-refractivity contribution in [2.45, 2.75) is 66.0 Å². The van der Waals surface area contributed by atoms with Crippen molar-refractivity contribution in [3.8, 4) is 0 Å². The molecule has 3 nitrogen and oxygen atoms in total. The van der Waals surface area contributed by atoms with Crippen molar-refractivity contribution in [3.63, 3.8) is 0 Å². The molecule has 0 aliphatic carbocycles. The van der Waals surface area contributed by atoms with Crippen LogP contribution in [0.25, 0.3) is 0 Å². The molecule has 1 aromatic rings. The van der Waals surface area contributed by atoms with Crippen LogP contribution in [0, 0.1) is 20.8 Å². The Labute approximate surface area is 122 Å². The third-order valence-corrected chi connectivity index (χ3v) is 3.93. The number of aliphatic carboxylic acids is 1. The van der Waals surface area contributed by atoms with Gasteiger partial charge in [0.2, 0.25) is 0 Å². The third-order valence-electron chi connectivity index (χ3n) is 3.93. The van der Waals surface area contributed by atoms with Gasteiger partial charge in [0.1, 0.15) is 5.54 Å². The van der Waals surface area contributed by atoms with Crippen molar-refractivity contribution >= 4 is 5.97 Å². The summed E-state index contributed by atoms with van der Waals surface area (Å²) in [7, 11) is 0. The standard InChI is InChI=1S/C17H27NO2/c1-7-8-17(6,16(19)20)18-14(5)15-12(3)9-11(2)10-13(15)4/h9-10,14,18H,7-8H2,1-6H3,(H,19,20). The third kappa shape index (κ3) is 3.60. The summed E-state index contributed by atoms with van der Waals surface area (Å²) in [5, 5.41) is 12.8. The van der Waals surface area contributed by atoms with Gasteiger partial charge in [-0.25, -0.2) is 0 Å². The minimum Gasteiger partial charge on any atom is -0.480 e. The van der Waals surface area contributed by atoms with Crippen LogP contribution in [-0.4, -0.2) is 16.6 Å². The summed E-state index contributed by atoms with van der Waals surface area (Å²) in [6, 6.07) is 4.32. The molecule has 2 unspecified atom stereocenters. The Morgan fingerprint density at radius 2 is 1.80 bits per heavy atom. The number of aryl methyl sites for hydroxylation is 3. The van der Waals surface area contributed by atoms with Gasteiger partial charge < -0.3 is 5.11 Å². The van der Waals surface area contributed by atoms with E-state index in [1.54, 1.807) is 6.92 Å². The van der Waals surface area contributed by atoms with Crippen LogP contribution in [0.3, 0.4) is 0 Å². The summed E-state index contributed by atoms with van der Waals surface area (Å²) in [6.07, 6.45) is 1.46. The summed E-state index contributed by atoms with van der Waals surface area (Å²) >= 11 is 0. The monoisotopic (exact) mass is 277 g/mol. The second kappa shape index (κ2) is 6.40. The average Bonchev–Trinajstić information content (AvgIpc) is 2.26. The van der Waals surface area contributed by atoms with Gasteiger partial charge in [0.05, 0.1) is 0 Å². The van der Waals surface area contributed by atoms with Crippen LogP contribution in [0.15, 0.2) is 12.1 Å². The number of carbonyl (C=O) groups is 1. The summed E-state index contributed by atoms with van der Waals surface area (Å²) in [5.41, 5.74) is 4.00. The lowest BCUT2D eigenvalue weighted by Crippen LogP contribution is -2.50. The lowest BCUT2D eigenvalue weighted by Gasteiger charge is -2.31. The number of rotatable bonds is 6. The van der Waals surface area contributed by atoms with E-state index < -0.39 is 11.5 Å². The minimum atomic E-state index is -0.877. The molecule has 0 amide bonds. The van der Waals surface area contributed by atoms with Crippen LogP contribution in [0.1, 0.15) is 61.9 Å². The maximum atomic E-state index is 11.5. The molecule has 0 aliphatic heterocycles. The Morgan fingerprint density at radius 1 is 1.30 bits per heavy atom. The van der Waals surface area contributed by atoms with Gasteiger partial charge in [-0.1, -0.05) is 31.0 Å². The zero-order valence-corrected chi connectivity index (χ0v) is 13.5. The van der Waals surface area contributed by atoms with Gasteiger partial charge in [-0.2, -0.15) is 0 Å². The zero-order valence-electron chi connectivity index (χ0n) is 13.5. The molecule has 0 aliphatic rings. The van der Waals surface area contributed by atoms with Crippen molar-refractivity contribution in [3.05, 3.63) is 34.4 Å². The molecule has 0 bridgehead atoms. The number of hydrogen-bond donors (Lipinski definition) is 2. The maximum Gasteiger partial charge on any atom is 0.323 e. The van der Waals surface area contributed by atoms with Gasteiger partial charge in [0.25, 0.3) is 0 Å². The quantitative estimate of drug-likeness (QED) is 0.829. The first-order chi connectivity index (χ1) is 9.21. The molecular weight excluding hydrogens is 250 g/mol. The highest BCUT2D eigenvalue weighted by molar-refractivity contribution is 5.78. The average molecular weight is 277 g/mol. The van der Waals surface area contributed by atoms with Crippen molar-refractivity contribution in [2.75, 3.05) is 0 Å². The Morgan fingerprint density at radius 3 is 2.20 bits per heavy atom. The highest BCUT2D eigenvalue weighted by Crippen LogP contribution is 2.26. The van der Waals surface area contributed by atoms with Crippen LogP contribution in [-0.2, 0) is 4.79 Å². The highest BCUT2D eigenvalue weighted by Gasteiger charge is 2.33. The van der Waals surface area contributed by atoms with E-state index in [0.717, 1.165) is 6.42 Å².